The van der Waals surface area contributed by atoms with Crippen LogP contribution in [0.2, 0.25) is 0 Å². The number of likely N-dealkylation sites (N-methyl/N-ethyl adjacent to an activating group) is 1. The highest BCUT2D eigenvalue weighted by atomic mass is 19.1. The molecule has 2 N–H and O–H groups in total. The molecule has 0 radical (unpaired) electrons. The zero-order chi connectivity index (χ0) is 11.4. The first-order chi connectivity index (χ1) is 7.11. The van der Waals surface area contributed by atoms with E-state index in [0.29, 0.717) is 24.5 Å². The van der Waals surface area contributed by atoms with Crippen LogP contribution in [0.1, 0.15) is 19.5 Å². The van der Waals surface area contributed by atoms with Crippen molar-refractivity contribution in [2.45, 2.75) is 26.3 Å². The normalized spacial score (nSPS) is 12.6. The number of aromatic nitrogens is 2. The second-order valence-corrected chi connectivity index (χ2v) is 3.51. The molecule has 15 heavy (non-hydrogen) atoms. The molecule has 0 spiro atoms. The highest BCUT2D eigenvalue weighted by molar-refractivity contribution is 5.41. The van der Waals surface area contributed by atoms with Crippen LogP contribution in [0.5, 0.6) is 0 Å². The maximum atomic E-state index is 13.8. The van der Waals surface area contributed by atoms with Crippen LogP contribution in [0.4, 0.5) is 10.2 Å². The van der Waals surface area contributed by atoms with Gasteiger partial charge in [-0.3, -0.25) is 0 Å². The quantitative estimate of drug-likeness (QED) is 0.807. The lowest BCUT2D eigenvalue weighted by Gasteiger charge is -2.25. The Labute approximate surface area is 89.3 Å². The van der Waals surface area contributed by atoms with Gasteiger partial charge in [-0.1, -0.05) is 6.92 Å². The van der Waals surface area contributed by atoms with Gasteiger partial charge in [0.15, 0.2) is 11.6 Å². The molecule has 5 heteroatoms. The van der Waals surface area contributed by atoms with Crippen LogP contribution in [0.15, 0.2) is 6.33 Å². The third kappa shape index (κ3) is 2.41. The van der Waals surface area contributed by atoms with Crippen molar-refractivity contribution in [1.82, 2.24) is 9.97 Å². The standard InChI is InChI=1S/C10H17FN4/c1-4-8-9(11)10(14-6-13-8)15(3)7(2)5-12/h6-7H,4-5,12H2,1-3H3. The van der Waals surface area contributed by atoms with Gasteiger partial charge in [0.1, 0.15) is 6.33 Å². The fourth-order valence-corrected chi connectivity index (χ4v) is 1.25. The molecule has 1 rings (SSSR count). The van der Waals surface area contributed by atoms with Gasteiger partial charge in [-0.25, -0.2) is 14.4 Å². The molecule has 0 aliphatic rings. The van der Waals surface area contributed by atoms with Crippen LogP contribution in [-0.4, -0.2) is 29.6 Å². The van der Waals surface area contributed by atoms with Crippen LogP contribution in [-0.2, 0) is 6.42 Å². The Balaban J connectivity index is 3.03. The molecular formula is C10H17FN4. The molecule has 0 fully saturated rings. The first kappa shape index (κ1) is 11.8. The summed E-state index contributed by atoms with van der Waals surface area (Å²) < 4.78 is 13.8. The summed E-state index contributed by atoms with van der Waals surface area (Å²) in [4.78, 5) is 9.55. The zero-order valence-corrected chi connectivity index (χ0v) is 9.37. The van der Waals surface area contributed by atoms with E-state index in [-0.39, 0.29) is 11.9 Å². The molecule has 84 valence electrons. The van der Waals surface area contributed by atoms with Gasteiger partial charge >= 0.3 is 0 Å². The molecule has 4 nitrogen and oxygen atoms in total. The molecule has 0 aromatic carbocycles. The number of rotatable bonds is 4. The summed E-state index contributed by atoms with van der Waals surface area (Å²) in [6.07, 6.45) is 1.95. The largest absolute Gasteiger partial charge is 0.353 e. The van der Waals surface area contributed by atoms with Crippen LogP contribution in [0.25, 0.3) is 0 Å². The van der Waals surface area contributed by atoms with Gasteiger partial charge < -0.3 is 10.6 Å². The van der Waals surface area contributed by atoms with E-state index in [2.05, 4.69) is 9.97 Å². The number of aryl methyl sites for hydroxylation is 1. The van der Waals surface area contributed by atoms with Gasteiger partial charge in [0.25, 0.3) is 0 Å². The van der Waals surface area contributed by atoms with Crippen molar-refractivity contribution in [2.24, 2.45) is 5.73 Å². The average Bonchev–Trinajstić information content (AvgIpc) is 2.27. The zero-order valence-electron chi connectivity index (χ0n) is 9.37. The predicted octanol–water partition coefficient (Wildman–Crippen LogP) is 0.961. The Kier molecular flexibility index (Phi) is 3.96. The maximum absolute atomic E-state index is 13.8. The van der Waals surface area contributed by atoms with Crippen LogP contribution in [0, 0.1) is 5.82 Å². The molecule has 0 saturated carbocycles. The Morgan fingerprint density at radius 3 is 2.73 bits per heavy atom. The predicted molar refractivity (Wildman–Crippen MR) is 58.3 cm³/mol. The van der Waals surface area contributed by atoms with Crippen molar-refractivity contribution in [3.8, 4) is 0 Å². The molecule has 0 aliphatic carbocycles. The van der Waals surface area contributed by atoms with E-state index in [9.17, 15) is 4.39 Å². The van der Waals surface area contributed by atoms with Crippen LogP contribution in [0.3, 0.4) is 0 Å². The van der Waals surface area contributed by atoms with Crippen molar-refractivity contribution in [3.63, 3.8) is 0 Å². The molecule has 0 bridgehead atoms. The van der Waals surface area contributed by atoms with Gasteiger partial charge in [-0.05, 0) is 13.3 Å². The summed E-state index contributed by atoms with van der Waals surface area (Å²) in [6, 6.07) is 0.0547. The topological polar surface area (TPSA) is 55.0 Å². The average molecular weight is 212 g/mol. The van der Waals surface area contributed by atoms with E-state index in [1.54, 1.807) is 11.9 Å². The molecule has 1 heterocycles. The minimum atomic E-state index is -0.345. The van der Waals surface area contributed by atoms with Crippen molar-refractivity contribution in [3.05, 3.63) is 17.8 Å². The van der Waals surface area contributed by atoms with Gasteiger partial charge in [-0.2, -0.15) is 0 Å². The van der Waals surface area contributed by atoms with E-state index >= 15 is 0 Å². The molecule has 0 saturated heterocycles. The van der Waals surface area contributed by atoms with Crippen molar-refractivity contribution in [2.75, 3.05) is 18.5 Å². The van der Waals surface area contributed by atoms with Gasteiger partial charge in [-0.15, -0.1) is 0 Å². The maximum Gasteiger partial charge on any atom is 0.187 e. The SMILES string of the molecule is CCc1ncnc(N(C)C(C)CN)c1F. The fourth-order valence-electron chi connectivity index (χ4n) is 1.25. The van der Waals surface area contributed by atoms with E-state index in [1.807, 2.05) is 13.8 Å². The smallest absolute Gasteiger partial charge is 0.187 e. The number of nitrogens with zero attached hydrogens (tertiary/aromatic N) is 3. The van der Waals surface area contributed by atoms with Crippen molar-refractivity contribution >= 4 is 5.82 Å². The molecule has 1 atom stereocenters. The van der Waals surface area contributed by atoms with Crippen molar-refractivity contribution < 1.29 is 4.39 Å². The Bertz CT molecular complexity index is 329. The summed E-state index contributed by atoms with van der Waals surface area (Å²) in [7, 11) is 1.78. The van der Waals surface area contributed by atoms with E-state index in [1.165, 1.54) is 6.33 Å². The second-order valence-electron chi connectivity index (χ2n) is 3.51. The molecule has 0 aliphatic heterocycles. The van der Waals surface area contributed by atoms with Gasteiger partial charge in [0, 0.05) is 19.6 Å². The fraction of sp³-hybridized carbons (Fsp3) is 0.600. The highest BCUT2D eigenvalue weighted by Crippen LogP contribution is 2.18. The minimum absolute atomic E-state index is 0.0547. The number of hydrogen-bond donors (Lipinski definition) is 1. The van der Waals surface area contributed by atoms with E-state index in [0.717, 1.165) is 0 Å². The van der Waals surface area contributed by atoms with Crippen molar-refractivity contribution in [1.29, 1.82) is 0 Å². The Morgan fingerprint density at radius 1 is 1.53 bits per heavy atom. The molecule has 0 amide bonds. The van der Waals surface area contributed by atoms with E-state index in [4.69, 9.17) is 5.73 Å². The number of nitrogens with two attached hydrogens (primary N) is 1. The summed E-state index contributed by atoms with van der Waals surface area (Å²) in [5.74, 6) is -0.0254. The number of halogens is 1. The summed E-state index contributed by atoms with van der Waals surface area (Å²) >= 11 is 0. The second kappa shape index (κ2) is 5.02. The third-order valence-electron chi connectivity index (χ3n) is 2.51. The number of anilines is 1. The van der Waals surface area contributed by atoms with Gasteiger partial charge in [0.05, 0.1) is 5.69 Å². The lowest BCUT2D eigenvalue weighted by Crippen LogP contribution is -2.36. The Hall–Kier alpha value is -1.23. The van der Waals surface area contributed by atoms with Gasteiger partial charge in [0.2, 0.25) is 0 Å². The molecule has 1 aromatic rings. The first-order valence-electron chi connectivity index (χ1n) is 5.04. The lowest BCUT2D eigenvalue weighted by atomic mass is 10.2. The summed E-state index contributed by atoms with van der Waals surface area (Å²) in [5.41, 5.74) is 5.96. The van der Waals surface area contributed by atoms with Crippen LogP contribution >= 0.6 is 0 Å². The lowest BCUT2D eigenvalue weighted by molar-refractivity contribution is 0.575. The highest BCUT2D eigenvalue weighted by Gasteiger charge is 2.16. The molecule has 1 unspecified atom stereocenters. The molecule has 1 aromatic heterocycles. The van der Waals surface area contributed by atoms with Crippen LogP contribution < -0.4 is 10.6 Å². The minimum Gasteiger partial charge on any atom is -0.353 e. The molecular weight excluding hydrogens is 195 g/mol. The van der Waals surface area contributed by atoms with E-state index < -0.39 is 0 Å². The number of hydrogen-bond acceptors (Lipinski definition) is 4. The monoisotopic (exact) mass is 212 g/mol. The third-order valence-corrected chi connectivity index (χ3v) is 2.51. The summed E-state index contributed by atoms with van der Waals surface area (Å²) in [5, 5.41) is 0. The first-order valence-corrected chi connectivity index (χ1v) is 5.04. The summed E-state index contributed by atoms with van der Waals surface area (Å²) in [6.45, 7) is 4.25. The Morgan fingerprint density at radius 2 is 2.20 bits per heavy atom.